The Hall–Kier alpha value is -1.65. The molecule has 1 aromatic rings. The van der Waals surface area contributed by atoms with E-state index in [1.165, 1.54) is 6.07 Å². The van der Waals surface area contributed by atoms with Crippen LogP contribution in [0.3, 0.4) is 0 Å². The summed E-state index contributed by atoms with van der Waals surface area (Å²) >= 11 is 0. The van der Waals surface area contributed by atoms with Gasteiger partial charge in [0.15, 0.2) is 0 Å². The van der Waals surface area contributed by atoms with Gasteiger partial charge in [-0.3, -0.25) is 10.1 Å². The number of hydrogen-bond acceptors (Lipinski definition) is 4. The van der Waals surface area contributed by atoms with Gasteiger partial charge in [-0.15, -0.1) is 0 Å². The van der Waals surface area contributed by atoms with Crippen molar-refractivity contribution in [2.75, 3.05) is 5.32 Å². The lowest BCUT2D eigenvalue weighted by Crippen LogP contribution is -2.18. The highest BCUT2D eigenvalue weighted by molar-refractivity contribution is 5.49. The summed E-state index contributed by atoms with van der Waals surface area (Å²) in [4.78, 5) is 14.6. The summed E-state index contributed by atoms with van der Waals surface area (Å²) in [6, 6.07) is 1.84. The molecule has 1 rings (SSSR count). The third kappa shape index (κ3) is 3.69. The molecule has 0 saturated carbocycles. The van der Waals surface area contributed by atoms with E-state index in [9.17, 15) is 10.1 Å². The molecule has 1 atom stereocenters. The molecule has 0 bridgehead atoms. The first-order valence-electron chi connectivity index (χ1n) is 5.96. The Morgan fingerprint density at radius 2 is 2.24 bits per heavy atom. The minimum absolute atomic E-state index is 0.119. The monoisotopic (exact) mass is 237 g/mol. The first-order valence-corrected chi connectivity index (χ1v) is 5.96. The van der Waals surface area contributed by atoms with Crippen molar-refractivity contribution in [3.8, 4) is 0 Å². The lowest BCUT2D eigenvalue weighted by Gasteiger charge is -2.16. The van der Waals surface area contributed by atoms with Crippen LogP contribution in [0.25, 0.3) is 0 Å². The van der Waals surface area contributed by atoms with E-state index in [-0.39, 0.29) is 10.6 Å². The van der Waals surface area contributed by atoms with Crippen LogP contribution < -0.4 is 5.32 Å². The van der Waals surface area contributed by atoms with Crippen molar-refractivity contribution in [1.82, 2.24) is 4.98 Å². The number of nitrogens with one attached hydrogen (secondary N) is 1. The average molecular weight is 237 g/mol. The maximum Gasteiger partial charge on any atom is 0.277 e. The lowest BCUT2D eigenvalue weighted by molar-refractivity contribution is -0.385. The number of nitro groups is 1. The molecule has 1 aromatic heterocycles. The van der Waals surface area contributed by atoms with Gasteiger partial charge in [0.05, 0.1) is 11.0 Å². The molecule has 1 unspecified atom stereocenters. The maximum atomic E-state index is 10.8. The fourth-order valence-electron chi connectivity index (χ4n) is 1.72. The standard InChI is InChI=1S/C12H19N3O2/c1-4-6-10(5-2)14-12-7-11(15(16)17)9(3)8-13-12/h7-8,10H,4-6H2,1-3H3,(H,13,14). The van der Waals surface area contributed by atoms with Gasteiger partial charge in [0.25, 0.3) is 5.69 Å². The first kappa shape index (κ1) is 13.4. The molecule has 94 valence electrons. The van der Waals surface area contributed by atoms with Crippen LogP contribution in [-0.4, -0.2) is 15.9 Å². The number of hydrogen-bond donors (Lipinski definition) is 1. The molecular formula is C12H19N3O2. The number of rotatable bonds is 6. The molecule has 0 aliphatic heterocycles. The normalized spacial score (nSPS) is 12.2. The molecule has 0 aromatic carbocycles. The van der Waals surface area contributed by atoms with Crippen LogP contribution in [0.15, 0.2) is 12.3 Å². The number of aromatic nitrogens is 1. The Balaban J connectivity index is 2.84. The third-order valence-electron chi connectivity index (χ3n) is 2.75. The highest BCUT2D eigenvalue weighted by Gasteiger charge is 2.13. The summed E-state index contributed by atoms with van der Waals surface area (Å²) in [5.41, 5.74) is 0.706. The second kappa shape index (κ2) is 6.18. The van der Waals surface area contributed by atoms with Crippen molar-refractivity contribution in [3.05, 3.63) is 27.9 Å². The fourth-order valence-corrected chi connectivity index (χ4v) is 1.72. The Morgan fingerprint density at radius 1 is 1.53 bits per heavy atom. The summed E-state index contributed by atoms with van der Waals surface area (Å²) in [6.45, 7) is 5.91. The SMILES string of the molecule is CCCC(CC)Nc1cc([N+](=O)[O-])c(C)cn1. The summed E-state index contributed by atoms with van der Waals surface area (Å²) < 4.78 is 0. The zero-order chi connectivity index (χ0) is 12.8. The molecule has 5 heteroatoms. The second-order valence-electron chi connectivity index (χ2n) is 4.15. The van der Waals surface area contributed by atoms with Crippen LogP contribution in [0.5, 0.6) is 0 Å². The van der Waals surface area contributed by atoms with E-state index in [1.807, 2.05) is 0 Å². The molecule has 0 aliphatic rings. The third-order valence-corrected chi connectivity index (χ3v) is 2.75. The van der Waals surface area contributed by atoms with E-state index in [2.05, 4.69) is 24.1 Å². The first-order chi connectivity index (χ1) is 8.08. The Kier molecular flexibility index (Phi) is 4.87. The van der Waals surface area contributed by atoms with Crippen LogP contribution in [-0.2, 0) is 0 Å². The molecule has 5 nitrogen and oxygen atoms in total. The highest BCUT2D eigenvalue weighted by Crippen LogP contribution is 2.21. The molecular weight excluding hydrogens is 218 g/mol. The van der Waals surface area contributed by atoms with Gasteiger partial charge in [-0.05, 0) is 19.8 Å². The molecule has 0 spiro atoms. The van der Waals surface area contributed by atoms with Crippen molar-refractivity contribution >= 4 is 11.5 Å². The largest absolute Gasteiger partial charge is 0.367 e. The lowest BCUT2D eigenvalue weighted by atomic mass is 10.1. The molecule has 0 fully saturated rings. The van der Waals surface area contributed by atoms with E-state index in [4.69, 9.17) is 0 Å². The van der Waals surface area contributed by atoms with E-state index < -0.39 is 0 Å². The molecule has 1 heterocycles. The summed E-state index contributed by atoms with van der Waals surface area (Å²) in [5, 5.41) is 14.0. The molecule has 17 heavy (non-hydrogen) atoms. The summed E-state index contributed by atoms with van der Waals surface area (Å²) in [5.74, 6) is 0.586. The van der Waals surface area contributed by atoms with Crippen molar-refractivity contribution in [1.29, 1.82) is 0 Å². The predicted octanol–water partition coefficient (Wildman–Crippen LogP) is 3.29. The highest BCUT2D eigenvalue weighted by atomic mass is 16.6. The molecule has 0 radical (unpaired) electrons. The van der Waals surface area contributed by atoms with Gasteiger partial charge >= 0.3 is 0 Å². The Morgan fingerprint density at radius 3 is 2.76 bits per heavy atom. The molecule has 0 saturated heterocycles. The fraction of sp³-hybridized carbons (Fsp3) is 0.583. The molecule has 1 N–H and O–H groups in total. The molecule has 0 aliphatic carbocycles. The average Bonchev–Trinajstić information content (AvgIpc) is 2.30. The van der Waals surface area contributed by atoms with Gasteiger partial charge < -0.3 is 5.32 Å². The van der Waals surface area contributed by atoms with Gasteiger partial charge in [0.1, 0.15) is 5.82 Å². The van der Waals surface area contributed by atoms with Crippen molar-refractivity contribution in [2.24, 2.45) is 0 Å². The van der Waals surface area contributed by atoms with E-state index in [0.717, 1.165) is 19.3 Å². The van der Waals surface area contributed by atoms with E-state index >= 15 is 0 Å². The zero-order valence-electron chi connectivity index (χ0n) is 10.6. The topological polar surface area (TPSA) is 68.1 Å². The predicted molar refractivity (Wildman–Crippen MR) is 68.2 cm³/mol. The minimum atomic E-state index is -0.372. The smallest absolute Gasteiger partial charge is 0.277 e. The van der Waals surface area contributed by atoms with Crippen LogP contribution in [0.1, 0.15) is 38.7 Å². The second-order valence-corrected chi connectivity index (χ2v) is 4.15. The maximum absolute atomic E-state index is 10.8. The van der Waals surface area contributed by atoms with Crippen LogP contribution in [0, 0.1) is 17.0 Å². The Bertz CT molecular complexity index is 393. The summed E-state index contributed by atoms with van der Waals surface area (Å²) in [6.07, 6.45) is 4.65. The van der Waals surface area contributed by atoms with Gasteiger partial charge in [-0.1, -0.05) is 20.3 Å². The molecule has 0 amide bonds. The Labute approximate surface area is 101 Å². The van der Waals surface area contributed by atoms with Crippen molar-refractivity contribution in [2.45, 2.75) is 46.1 Å². The van der Waals surface area contributed by atoms with Crippen LogP contribution in [0.2, 0.25) is 0 Å². The number of nitrogens with zero attached hydrogens (tertiary/aromatic N) is 2. The van der Waals surface area contributed by atoms with Crippen LogP contribution >= 0.6 is 0 Å². The van der Waals surface area contributed by atoms with Gasteiger partial charge in [0, 0.05) is 17.8 Å². The van der Waals surface area contributed by atoms with Gasteiger partial charge in [-0.25, -0.2) is 4.98 Å². The zero-order valence-corrected chi connectivity index (χ0v) is 10.6. The van der Waals surface area contributed by atoms with Crippen molar-refractivity contribution < 1.29 is 4.92 Å². The number of aryl methyl sites for hydroxylation is 1. The minimum Gasteiger partial charge on any atom is -0.367 e. The van der Waals surface area contributed by atoms with Crippen LogP contribution in [0.4, 0.5) is 11.5 Å². The van der Waals surface area contributed by atoms with E-state index in [1.54, 1.807) is 13.1 Å². The van der Waals surface area contributed by atoms with Crippen molar-refractivity contribution in [3.63, 3.8) is 0 Å². The van der Waals surface area contributed by atoms with E-state index in [0.29, 0.717) is 17.4 Å². The number of pyridine rings is 1. The van der Waals surface area contributed by atoms with Gasteiger partial charge in [-0.2, -0.15) is 0 Å². The summed E-state index contributed by atoms with van der Waals surface area (Å²) in [7, 11) is 0. The number of anilines is 1. The quantitative estimate of drug-likeness (QED) is 0.609. The van der Waals surface area contributed by atoms with Gasteiger partial charge in [0.2, 0.25) is 0 Å².